The maximum absolute atomic E-state index is 12.6. The summed E-state index contributed by atoms with van der Waals surface area (Å²) in [4.78, 5) is 12.6. The molecule has 0 aliphatic carbocycles. The Bertz CT molecular complexity index is 1190. The number of nitrogens with zero attached hydrogens (tertiary/aromatic N) is 1. The number of rotatable bonds is 10. The Labute approximate surface area is 220 Å². The Morgan fingerprint density at radius 3 is 2.50 bits per heavy atom. The first-order valence-electron chi connectivity index (χ1n) is 10.5. The number of nitrogens with one attached hydrogen (secondary N) is 1. The van der Waals surface area contributed by atoms with Crippen molar-refractivity contribution >= 4 is 55.6 Å². The Balaban J connectivity index is 1.74. The number of benzene rings is 3. The van der Waals surface area contributed by atoms with E-state index in [0.29, 0.717) is 53.2 Å². The van der Waals surface area contributed by atoms with E-state index < -0.39 is 0 Å². The fourth-order valence-corrected chi connectivity index (χ4v) is 4.61. The van der Waals surface area contributed by atoms with Crippen molar-refractivity contribution in [3.05, 3.63) is 85.3 Å². The average Bonchev–Trinajstić information content (AvgIpc) is 2.80. The van der Waals surface area contributed by atoms with E-state index in [-0.39, 0.29) is 5.91 Å². The predicted molar refractivity (Wildman–Crippen MR) is 141 cm³/mol. The van der Waals surface area contributed by atoms with E-state index in [2.05, 4.69) is 42.4 Å². The van der Waals surface area contributed by atoms with E-state index in [9.17, 15) is 4.79 Å². The van der Waals surface area contributed by atoms with Crippen LogP contribution in [0.4, 0.5) is 0 Å². The summed E-state index contributed by atoms with van der Waals surface area (Å²) >= 11 is 13.1. The van der Waals surface area contributed by atoms with Gasteiger partial charge in [-0.25, -0.2) is 5.43 Å². The molecule has 0 atom stereocenters. The van der Waals surface area contributed by atoms with E-state index in [4.69, 9.17) is 25.8 Å². The molecule has 0 aliphatic heterocycles. The predicted octanol–water partition coefficient (Wildman–Crippen LogP) is 7.01. The third-order valence-electron chi connectivity index (χ3n) is 4.48. The molecule has 3 rings (SSSR count). The molecule has 6 nitrogen and oxygen atoms in total. The topological polar surface area (TPSA) is 69.2 Å². The lowest BCUT2D eigenvalue weighted by Gasteiger charge is -2.13. The highest BCUT2D eigenvalue weighted by molar-refractivity contribution is 9.11. The summed E-state index contributed by atoms with van der Waals surface area (Å²) in [6.07, 6.45) is 1.53. The normalized spacial score (nSPS) is 10.9. The van der Waals surface area contributed by atoms with Crippen LogP contribution in [0.2, 0.25) is 5.02 Å². The van der Waals surface area contributed by atoms with Crippen molar-refractivity contribution in [1.82, 2.24) is 5.43 Å². The van der Waals surface area contributed by atoms with Gasteiger partial charge in [0.05, 0.1) is 23.9 Å². The van der Waals surface area contributed by atoms with Gasteiger partial charge in [0.25, 0.3) is 5.91 Å². The van der Waals surface area contributed by atoms with Crippen molar-refractivity contribution in [2.75, 3.05) is 13.2 Å². The summed E-state index contributed by atoms with van der Waals surface area (Å²) in [6.45, 7) is 5.03. The monoisotopic (exact) mass is 608 g/mol. The Hall–Kier alpha value is -2.55. The lowest BCUT2D eigenvalue weighted by molar-refractivity contribution is 0.0954. The molecule has 34 heavy (non-hydrogen) atoms. The van der Waals surface area contributed by atoms with Gasteiger partial charge in [-0.1, -0.05) is 39.7 Å². The number of hydrazone groups is 1. The SMILES string of the molecule is CCOc1ccc(C(=O)N/N=C/c2cc(Br)cc(Br)c2OCc2cccc(Cl)c2)cc1OCC. The molecule has 3 aromatic rings. The molecule has 0 radical (unpaired) electrons. The number of amides is 1. The molecule has 1 amide bonds. The highest BCUT2D eigenvalue weighted by atomic mass is 79.9. The molecule has 0 aliphatic rings. The largest absolute Gasteiger partial charge is 0.490 e. The molecule has 0 fully saturated rings. The maximum Gasteiger partial charge on any atom is 0.271 e. The average molecular weight is 611 g/mol. The van der Waals surface area contributed by atoms with E-state index in [1.807, 2.05) is 50.2 Å². The van der Waals surface area contributed by atoms with Crippen LogP contribution in [0, 0.1) is 0 Å². The van der Waals surface area contributed by atoms with Crippen LogP contribution in [0.25, 0.3) is 0 Å². The standard InChI is InChI=1S/C25H23Br2ClN2O4/c1-3-32-22-9-8-17(12-23(22)33-4-2)25(31)30-29-14-18-11-19(26)13-21(27)24(18)34-15-16-6-5-7-20(28)10-16/h5-14H,3-4,15H2,1-2H3,(H,30,31)/b29-14+. The highest BCUT2D eigenvalue weighted by Crippen LogP contribution is 2.33. The number of carbonyl (C=O) groups is 1. The lowest BCUT2D eigenvalue weighted by atomic mass is 10.2. The van der Waals surface area contributed by atoms with E-state index in [0.717, 1.165) is 14.5 Å². The summed E-state index contributed by atoms with van der Waals surface area (Å²) in [7, 11) is 0. The number of ether oxygens (including phenoxy) is 3. The molecule has 3 aromatic carbocycles. The summed E-state index contributed by atoms with van der Waals surface area (Å²) < 4.78 is 18.7. The number of halogens is 3. The van der Waals surface area contributed by atoms with Crippen molar-refractivity contribution in [1.29, 1.82) is 0 Å². The van der Waals surface area contributed by atoms with E-state index >= 15 is 0 Å². The second kappa shape index (κ2) is 12.8. The molecule has 0 spiro atoms. The van der Waals surface area contributed by atoms with Crippen molar-refractivity contribution < 1.29 is 19.0 Å². The Kier molecular flexibility index (Phi) is 9.80. The number of carbonyl (C=O) groups excluding carboxylic acids is 1. The van der Waals surface area contributed by atoms with Crippen molar-refractivity contribution in [3.63, 3.8) is 0 Å². The minimum atomic E-state index is -0.379. The van der Waals surface area contributed by atoms with Crippen LogP contribution in [-0.4, -0.2) is 25.3 Å². The van der Waals surface area contributed by atoms with Gasteiger partial charge in [-0.05, 0) is 77.8 Å². The van der Waals surface area contributed by atoms with Gasteiger partial charge in [0.2, 0.25) is 0 Å². The first-order chi connectivity index (χ1) is 16.4. The minimum absolute atomic E-state index is 0.320. The van der Waals surface area contributed by atoms with Crippen LogP contribution >= 0.6 is 43.5 Å². The van der Waals surface area contributed by atoms with Crippen LogP contribution in [0.15, 0.2) is 68.6 Å². The fourth-order valence-electron chi connectivity index (χ4n) is 3.03. The van der Waals surface area contributed by atoms with Crippen LogP contribution < -0.4 is 19.6 Å². The molecule has 0 saturated carbocycles. The molecule has 0 saturated heterocycles. The molecule has 0 bridgehead atoms. The summed E-state index contributed by atoms with van der Waals surface area (Å²) in [6, 6.07) is 16.2. The molecule has 0 unspecified atom stereocenters. The molecule has 0 heterocycles. The molecule has 178 valence electrons. The van der Waals surface area contributed by atoms with Gasteiger partial charge in [-0.2, -0.15) is 5.10 Å². The van der Waals surface area contributed by atoms with Crippen LogP contribution in [-0.2, 0) is 6.61 Å². The third-order valence-corrected chi connectivity index (χ3v) is 5.77. The maximum atomic E-state index is 12.6. The Morgan fingerprint density at radius 1 is 1.00 bits per heavy atom. The summed E-state index contributed by atoms with van der Waals surface area (Å²) in [5.41, 5.74) is 4.55. The van der Waals surface area contributed by atoms with Crippen molar-refractivity contribution in [3.8, 4) is 17.2 Å². The second-order valence-electron chi connectivity index (χ2n) is 6.95. The zero-order valence-electron chi connectivity index (χ0n) is 18.6. The summed E-state index contributed by atoms with van der Waals surface area (Å²) in [5.74, 6) is 1.30. The fraction of sp³-hybridized carbons (Fsp3) is 0.200. The minimum Gasteiger partial charge on any atom is -0.490 e. The smallest absolute Gasteiger partial charge is 0.271 e. The first kappa shape index (κ1) is 26.1. The molecule has 0 aromatic heterocycles. The van der Waals surface area contributed by atoms with Gasteiger partial charge >= 0.3 is 0 Å². The first-order valence-corrected chi connectivity index (χ1v) is 12.5. The van der Waals surface area contributed by atoms with Gasteiger partial charge < -0.3 is 14.2 Å². The highest BCUT2D eigenvalue weighted by Gasteiger charge is 2.12. The van der Waals surface area contributed by atoms with Gasteiger partial charge in [0.1, 0.15) is 12.4 Å². The van der Waals surface area contributed by atoms with Crippen molar-refractivity contribution in [2.24, 2.45) is 5.10 Å². The van der Waals surface area contributed by atoms with Gasteiger partial charge in [-0.3, -0.25) is 4.79 Å². The van der Waals surface area contributed by atoms with Crippen LogP contribution in [0.1, 0.15) is 35.3 Å². The van der Waals surface area contributed by atoms with E-state index in [1.54, 1.807) is 18.2 Å². The molecular formula is C25H23Br2ClN2O4. The molecule has 9 heteroatoms. The Morgan fingerprint density at radius 2 is 1.76 bits per heavy atom. The number of hydrogen-bond donors (Lipinski definition) is 1. The van der Waals surface area contributed by atoms with Crippen LogP contribution in [0.5, 0.6) is 17.2 Å². The zero-order chi connectivity index (χ0) is 24.5. The van der Waals surface area contributed by atoms with E-state index in [1.165, 1.54) is 6.21 Å². The zero-order valence-corrected chi connectivity index (χ0v) is 22.5. The third kappa shape index (κ3) is 7.22. The quantitative estimate of drug-likeness (QED) is 0.198. The lowest BCUT2D eigenvalue weighted by Crippen LogP contribution is -2.18. The van der Waals surface area contributed by atoms with Crippen molar-refractivity contribution in [2.45, 2.75) is 20.5 Å². The molecular weight excluding hydrogens is 588 g/mol. The molecule has 1 N–H and O–H groups in total. The van der Waals surface area contributed by atoms with Crippen LogP contribution in [0.3, 0.4) is 0 Å². The summed E-state index contributed by atoms with van der Waals surface area (Å²) in [5, 5.41) is 4.77. The van der Waals surface area contributed by atoms with Gasteiger partial charge in [-0.15, -0.1) is 0 Å². The second-order valence-corrected chi connectivity index (χ2v) is 9.16. The number of hydrogen-bond acceptors (Lipinski definition) is 5. The van der Waals surface area contributed by atoms with Gasteiger partial charge in [0, 0.05) is 20.6 Å². The van der Waals surface area contributed by atoms with Gasteiger partial charge in [0.15, 0.2) is 11.5 Å².